The van der Waals surface area contributed by atoms with Gasteiger partial charge in [0.2, 0.25) is 5.91 Å². The van der Waals surface area contributed by atoms with Crippen LogP contribution in [0.25, 0.3) is 0 Å². The molecule has 0 unspecified atom stereocenters. The van der Waals surface area contributed by atoms with Crippen LogP contribution in [-0.4, -0.2) is 52.8 Å². The van der Waals surface area contributed by atoms with Gasteiger partial charge in [-0.25, -0.2) is 3.11 Å². The van der Waals surface area contributed by atoms with E-state index in [-0.39, 0.29) is 18.6 Å². The lowest BCUT2D eigenvalue weighted by Crippen LogP contribution is -2.43. The van der Waals surface area contributed by atoms with Crippen molar-refractivity contribution < 1.29 is 9.53 Å². The van der Waals surface area contributed by atoms with E-state index >= 15 is 0 Å². The minimum atomic E-state index is 0.134. The average molecular weight is 394 g/mol. The molecule has 1 amide bonds. The smallest absolute Gasteiger partial charge is 0.248 e. The monoisotopic (exact) mass is 394 g/mol. The van der Waals surface area contributed by atoms with Gasteiger partial charge in [-0.05, 0) is 51.4 Å². The number of carbonyl (C=O) groups excluding carboxylic acids is 1. The molecule has 2 fully saturated rings. The first-order valence-electron chi connectivity index (χ1n) is 7.86. The summed E-state index contributed by atoms with van der Waals surface area (Å²) in [7, 11) is 0. The highest BCUT2D eigenvalue weighted by Gasteiger charge is 2.30. The summed E-state index contributed by atoms with van der Waals surface area (Å²) >= 11 is 2.43. The maximum atomic E-state index is 12.0. The molecule has 0 N–H and O–H groups in total. The summed E-state index contributed by atoms with van der Waals surface area (Å²) in [5.41, 5.74) is 0. The molecular weight excluding hydrogens is 367 g/mol. The van der Waals surface area contributed by atoms with Crippen LogP contribution < -0.4 is 0 Å². The van der Waals surface area contributed by atoms with E-state index in [1.807, 2.05) is 18.7 Å². The summed E-state index contributed by atoms with van der Waals surface area (Å²) in [4.78, 5) is 14.0. The summed E-state index contributed by atoms with van der Waals surface area (Å²) in [6.45, 7) is 8.50. The molecule has 2 aliphatic rings. The first-order chi connectivity index (χ1) is 9.56. The lowest BCUT2D eigenvalue weighted by molar-refractivity contribution is -0.139. The van der Waals surface area contributed by atoms with Crippen molar-refractivity contribution in [2.45, 2.75) is 45.6 Å². The summed E-state index contributed by atoms with van der Waals surface area (Å²) < 4.78 is 7.81. The molecule has 0 spiro atoms. The van der Waals surface area contributed by atoms with Gasteiger partial charge in [-0.15, -0.1) is 0 Å². The van der Waals surface area contributed by atoms with E-state index in [4.69, 9.17) is 4.74 Å². The van der Waals surface area contributed by atoms with Crippen LogP contribution in [0.4, 0.5) is 0 Å². The zero-order valence-electron chi connectivity index (χ0n) is 12.7. The standard InChI is InChI=1S/C15H27IN2O2/c1-12(2)20-11-15(19)17-7-3-13(4-8-17)14-5-9-18(16)10-6-14/h12-14H,3-11H2,1-2H3. The van der Waals surface area contributed by atoms with Crippen molar-refractivity contribution in [3.8, 4) is 0 Å². The maximum Gasteiger partial charge on any atom is 0.248 e. The molecular formula is C15H27IN2O2. The molecule has 4 nitrogen and oxygen atoms in total. The van der Waals surface area contributed by atoms with E-state index in [2.05, 4.69) is 26.0 Å². The predicted molar refractivity (Wildman–Crippen MR) is 88.7 cm³/mol. The van der Waals surface area contributed by atoms with Gasteiger partial charge in [-0.1, -0.05) is 0 Å². The van der Waals surface area contributed by atoms with Gasteiger partial charge in [0.15, 0.2) is 0 Å². The van der Waals surface area contributed by atoms with Gasteiger partial charge in [0.25, 0.3) is 0 Å². The van der Waals surface area contributed by atoms with Crippen LogP contribution in [0.5, 0.6) is 0 Å². The second-order valence-corrected chi connectivity index (χ2v) is 7.69. The Kier molecular flexibility index (Phi) is 6.55. The molecule has 0 aliphatic carbocycles. The second kappa shape index (κ2) is 7.94. The van der Waals surface area contributed by atoms with Gasteiger partial charge in [-0.3, -0.25) is 4.79 Å². The Hall–Kier alpha value is 0.120. The van der Waals surface area contributed by atoms with Gasteiger partial charge in [-0.2, -0.15) is 0 Å². The summed E-state index contributed by atoms with van der Waals surface area (Å²) in [6.07, 6.45) is 5.16. The van der Waals surface area contributed by atoms with E-state index in [0.29, 0.717) is 0 Å². The number of ether oxygens (including phenoxy) is 1. The van der Waals surface area contributed by atoms with Crippen molar-refractivity contribution in [1.29, 1.82) is 0 Å². The fourth-order valence-corrected chi connectivity index (χ4v) is 3.85. The van der Waals surface area contributed by atoms with Gasteiger partial charge < -0.3 is 9.64 Å². The fourth-order valence-electron chi connectivity index (χ4n) is 3.29. The molecule has 0 bridgehead atoms. The number of halogens is 1. The fraction of sp³-hybridized carbons (Fsp3) is 0.933. The Morgan fingerprint density at radius 3 is 2.10 bits per heavy atom. The van der Waals surface area contributed by atoms with Gasteiger partial charge in [0.05, 0.1) is 6.10 Å². The number of hydrogen-bond donors (Lipinski definition) is 0. The van der Waals surface area contributed by atoms with Crippen LogP contribution in [0, 0.1) is 11.8 Å². The highest BCUT2D eigenvalue weighted by molar-refractivity contribution is 14.1. The van der Waals surface area contributed by atoms with Gasteiger partial charge >= 0.3 is 0 Å². The average Bonchev–Trinajstić information content (AvgIpc) is 2.46. The Morgan fingerprint density at radius 2 is 1.60 bits per heavy atom. The minimum absolute atomic E-state index is 0.134. The van der Waals surface area contributed by atoms with Crippen molar-refractivity contribution in [3.63, 3.8) is 0 Å². The second-order valence-electron chi connectivity index (χ2n) is 6.33. The molecule has 116 valence electrons. The molecule has 2 aliphatic heterocycles. The van der Waals surface area contributed by atoms with Crippen molar-refractivity contribution in [3.05, 3.63) is 0 Å². The van der Waals surface area contributed by atoms with E-state index in [1.165, 1.54) is 38.8 Å². The largest absolute Gasteiger partial charge is 0.369 e. The van der Waals surface area contributed by atoms with Crippen LogP contribution in [-0.2, 0) is 9.53 Å². The van der Waals surface area contributed by atoms with E-state index in [9.17, 15) is 4.79 Å². The molecule has 0 saturated carbocycles. The Balaban J connectivity index is 1.70. The highest BCUT2D eigenvalue weighted by Crippen LogP contribution is 2.33. The third-order valence-electron chi connectivity index (χ3n) is 4.58. The molecule has 5 heteroatoms. The van der Waals surface area contributed by atoms with E-state index in [0.717, 1.165) is 24.9 Å². The normalized spacial score (nSPS) is 23.5. The Bertz CT molecular complexity index is 309. The van der Waals surface area contributed by atoms with Crippen LogP contribution >= 0.6 is 22.9 Å². The predicted octanol–water partition coefficient (Wildman–Crippen LogP) is 2.71. The van der Waals surface area contributed by atoms with E-state index < -0.39 is 0 Å². The van der Waals surface area contributed by atoms with Crippen LogP contribution in [0.1, 0.15) is 39.5 Å². The zero-order valence-corrected chi connectivity index (χ0v) is 14.8. The number of carbonyl (C=O) groups is 1. The quantitative estimate of drug-likeness (QED) is 0.543. The molecule has 0 aromatic rings. The van der Waals surface area contributed by atoms with Crippen molar-refractivity contribution >= 4 is 28.8 Å². The zero-order chi connectivity index (χ0) is 14.5. The molecule has 2 heterocycles. The topological polar surface area (TPSA) is 32.8 Å². The molecule has 0 atom stereocenters. The molecule has 0 aromatic carbocycles. The molecule has 0 aromatic heterocycles. The van der Waals surface area contributed by atoms with Crippen molar-refractivity contribution in [2.75, 3.05) is 32.8 Å². The van der Waals surface area contributed by atoms with Crippen LogP contribution in [0.2, 0.25) is 0 Å². The Labute approximate surface area is 136 Å². The van der Waals surface area contributed by atoms with Crippen molar-refractivity contribution in [1.82, 2.24) is 8.01 Å². The SMILES string of the molecule is CC(C)OCC(=O)N1CCC(C2CCN(I)CC2)CC1. The summed E-state index contributed by atoms with van der Waals surface area (Å²) in [5, 5.41) is 0. The number of nitrogens with zero attached hydrogens (tertiary/aromatic N) is 2. The number of likely N-dealkylation sites (tertiary alicyclic amines) is 1. The summed E-state index contributed by atoms with van der Waals surface area (Å²) in [6, 6.07) is 0. The number of rotatable bonds is 4. The molecule has 0 radical (unpaired) electrons. The third kappa shape index (κ3) is 4.84. The lowest BCUT2D eigenvalue weighted by atomic mass is 9.79. The maximum absolute atomic E-state index is 12.0. The van der Waals surface area contributed by atoms with Gasteiger partial charge in [0.1, 0.15) is 6.61 Å². The first kappa shape index (κ1) is 16.5. The van der Waals surface area contributed by atoms with E-state index in [1.54, 1.807) is 0 Å². The lowest BCUT2D eigenvalue weighted by Gasteiger charge is -2.39. The number of amides is 1. The van der Waals surface area contributed by atoms with Crippen LogP contribution in [0.3, 0.4) is 0 Å². The molecule has 2 rings (SSSR count). The summed E-state index contributed by atoms with van der Waals surface area (Å²) in [5.74, 6) is 1.87. The highest BCUT2D eigenvalue weighted by atomic mass is 127. The first-order valence-corrected chi connectivity index (χ1v) is 8.83. The molecule has 20 heavy (non-hydrogen) atoms. The minimum Gasteiger partial charge on any atom is -0.369 e. The van der Waals surface area contributed by atoms with Crippen molar-refractivity contribution in [2.24, 2.45) is 11.8 Å². The number of piperidine rings is 2. The molecule has 2 saturated heterocycles. The van der Waals surface area contributed by atoms with Crippen LogP contribution in [0.15, 0.2) is 0 Å². The third-order valence-corrected chi connectivity index (χ3v) is 5.55. The van der Waals surface area contributed by atoms with Gasteiger partial charge in [0, 0.05) is 49.0 Å². The Morgan fingerprint density at radius 1 is 1.10 bits per heavy atom. The number of hydrogen-bond acceptors (Lipinski definition) is 3.